The van der Waals surface area contributed by atoms with Crippen LogP contribution in [-0.4, -0.2) is 64.4 Å². The number of rotatable bonds is 4. The third kappa shape index (κ3) is 3.12. The number of fused-ring (bicyclic) bond motifs is 1. The molecule has 2 aromatic rings. The first kappa shape index (κ1) is 16.4. The van der Waals surface area contributed by atoms with Gasteiger partial charge in [0.05, 0.1) is 18.6 Å². The van der Waals surface area contributed by atoms with Crippen LogP contribution in [0.1, 0.15) is 11.9 Å². The monoisotopic (exact) mass is 346 g/mol. The van der Waals surface area contributed by atoms with Gasteiger partial charge < -0.3 is 24.7 Å². The van der Waals surface area contributed by atoms with Gasteiger partial charge in [0.25, 0.3) is 0 Å². The number of ether oxygens (including phenoxy) is 1. The summed E-state index contributed by atoms with van der Waals surface area (Å²) in [6.45, 7) is 1.18. The number of nitrogens with zero attached hydrogens (tertiary/aromatic N) is 4. The van der Waals surface area contributed by atoms with E-state index in [1.54, 1.807) is 6.92 Å². The molecular formula is C11H15N4O7P. The van der Waals surface area contributed by atoms with E-state index in [0.717, 1.165) is 0 Å². The van der Waals surface area contributed by atoms with Gasteiger partial charge in [0.15, 0.2) is 11.9 Å². The maximum atomic E-state index is 10.7. The second kappa shape index (κ2) is 5.87. The summed E-state index contributed by atoms with van der Waals surface area (Å²) in [4.78, 5) is 29.6. The molecule has 12 heteroatoms. The lowest BCUT2D eigenvalue weighted by Crippen LogP contribution is -2.33. The lowest BCUT2D eigenvalue weighted by molar-refractivity contribution is -0.0504. The standard InChI is InChI=1S/C11H15N4O7P/c1-5-7-10(13-3-12-5)15(4-14-7)11-9(17)8(16)6(22-11)2-21-23(18,19)20/h3-4,6,8-9,11,16-17H,2H2,1H3,(H2,18,19,20)/t6-,8-,9-,11-/m1/s1. The van der Waals surface area contributed by atoms with Crippen LogP contribution in [0.5, 0.6) is 0 Å². The molecule has 1 aliphatic heterocycles. The van der Waals surface area contributed by atoms with Crippen LogP contribution >= 0.6 is 7.82 Å². The van der Waals surface area contributed by atoms with Gasteiger partial charge in [-0.05, 0) is 6.92 Å². The van der Waals surface area contributed by atoms with Gasteiger partial charge in [-0.1, -0.05) is 0 Å². The van der Waals surface area contributed by atoms with Gasteiger partial charge in [-0.25, -0.2) is 19.5 Å². The molecule has 0 saturated carbocycles. The summed E-state index contributed by atoms with van der Waals surface area (Å²) in [5.41, 5.74) is 1.57. The molecule has 1 saturated heterocycles. The van der Waals surface area contributed by atoms with Crippen molar-refractivity contribution in [2.24, 2.45) is 0 Å². The zero-order valence-electron chi connectivity index (χ0n) is 11.9. The van der Waals surface area contributed by atoms with Crippen LogP contribution in [-0.2, 0) is 13.8 Å². The van der Waals surface area contributed by atoms with Crippen molar-refractivity contribution in [1.29, 1.82) is 0 Å². The molecule has 4 N–H and O–H groups in total. The van der Waals surface area contributed by atoms with Gasteiger partial charge in [-0.3, -0.25) is 9.09 Å². The first-order chi connectivity index (χ1) is 10.8. The Kier molecular flexibility index (Phi) is 4.19. The van der Waals surface area contributed by atoms with E-state index in [-0.39, 0.29) is 0 Å². The number of aliphatic hydroxyl groups excluding tert-OH is 2. The summed E-state index contributed by atoms with van der Waals surface area (Å²) in [6.07, 6.45) is -2.13. The van der Waals surface area contributed by atoms with Crippen LogP contribution in [0.25, 0.3) is 11.2 Å². The predicted molar refractivity (Wildman–Crippen MR) is 74.0 cm³/mol. The van der Waals surface area contributed by atoms with Crippen LogP contribution in [0, 0.1) is 6.92 Å². The first-order valence-electron chi connectivity index (χ1n) is 6.64. The fourth-order valence-corrected chi connectivity index (χ4v) is 2.76. The number of phosphoric acid groups is 1. The topological polar surface area (TPSA) is 160 Å². The Bertz CT molecular complexity index is 762. The van der Waals surface area contributed by atoms with E-state index in [1.807, 2.05) is 0 Å². The number of hydrogen-bond acceptors (Lipinski definition) is 8. The van der Waals surface area contributed by atoms with E-state index in [9.17, 15) is 14.8 Å². The second-order valence-corrected chi connectivity index (χ2v) is 6.36. The normalized spacial score (nSPS) is 28.6. The molecular weight excluding hydrogens is 331 g/mol. The molecule has 126 valence electrons. The van der Waals surface area contributed by atoms with Crippen molar-refractivity contribution in [1.82, 2.24) is 19.5 Å². The van der Waals surface area contributed by atoms with Crippen LogP contribution < -0.4 is 0 Å². The van der Waals surface area contributed by atoms with Gasteiger partial charge in [-0.2, -0.15) is 0 Å². The molecule has 1 aliphatic rings. The molecule has 0 amide bonds. The average Bonchev–Trinajstić information content (AvgIpc) is 3.01. The minimum atomic E-state index is -4.70. The number of phosphoric ester groups is 1. The summed E-state index contributed by atoms with van der Waals surface area (Å²) in [6, 6.07) is 0. The Morgan fingerprint density at radius 3 is 2.74 bits per heavy atom. The summed E-state index contributed by atoms with van der Waals surface area (Å²) in [7, 11) is -4.70. The lowest BCUT2D eigenvalue weighted by Gasteiger charge is -2.16. The lowest BCUT2D eigenvalue weighted by atomic mass is 10.1. The summed E-state index contributed by atoms with van der Waals surface area (Å²) < 4.78 is 22.0. The Labute approximate surface area is 129 Å². The second-order valence-electron chi connectivity index (χ2n) is 5.12. The highest BCUT2D eigenvalue weighted by atomic mass is 31.2. The highest BCUT2D eigenvalue weighted by Gasteiger charge is 2.45. The van der Waals surface area contributed by atoms with E-state index in [1.165, 1.54) is 17.2 Å². The summed E-state index contributed by atoms with van der Waals surface area (Å²) >= 11 is 0. The summed E-state index contributed by atoms with van der Waals surface area (Å²) in [5.74, 6) is 0. The van der Waals surface area contributed by atoms with Crippen molar-refractivity contribution in [3.8, 4) is 0 Å². The van der Waals surface area contributed by atoms with Crippen molar-refractivity contribution in [3.05, 3.63) is 18.3 Å². The van der Waals surface area contributed by atoms with Crippen LogP contribution in [0.3, 0.4) is 0 Å². The van der Waals surface area contributed by atoms with E-state index in [0.29, 0.717) is 16.9 Å². The highest BCUT2D eigenvalue weighted by Crippen LogP contribution is 2.38. The van der Waals surface area contributed by atoms with Gasteiger partial charge in [0, 0.05) is 0 Å². The molecule has 3 heterocycles. The molecule has 2 aromatic heterocycles. The Hall–Kier alpha value is -1.46. The summed E-state index contributed by atoms with van der Waals surface area (Å²) in [5, 5.41) is 20.1. The SMILES string of the molecule is Cc1ncnc2c1ncn2[C@@H]1O[C@H](COP(=O)(O)O)[C@@H](O)[C@H]1O. The molecule has 0 spiro atoms. The zero-order valence-corrected chi connectivity index (χ0v) is 12.8. The van der Waals surface area contributed by atoms with Gasteiger partial charge in [0.1, 0.15) is 30.2 Å². The van der Waals surface area contributed by atoms with Crippen molar-refractivity contribution < 1.29 is 33.8 Å². The fourth-order valence-electron chi connectivity index (χ4n) is 2.42. The maximum absolute atomic E-state index is 10.7. The number of imidazole rings is 1. The molecule has 0 unspecified atom stereocenters. The minimum absolute atomic E-state index is 0.408. The number of hydrogen-bond donors (Lipinski definition) is 4. The smallest absolute Gasteiger partial charge is 0.387 e. The van der Waals surface area contributed by atoms with Crippen LogP contribution in [0.2, 0.25) is 0 Å². The largest absolute Gasteiger partial charge is 0.469 e. The third-order valence-electron chi connectivity index (χ3n) is 3.56. The highest BCUT2D eigenvalue weighted by molar-refractivity contribution is 7.46. The number of aromatic nitrogens is 4. The van der Waals surface area contributed by atoms with Crippen molar-refractivity contribution in [2.75, 3.05) is 6.61 Å². The average molecular weight is 346 g/mol. The van der Waals surface area contributed by atoms with Crippen LogP contribution in [0.15, 0.2) is 12.7 Å². The Morgan fingerprint density at radius 1 is 1.30 bits per heavy atom. The molecule has 23 heavy (non-hydrogen) atoms. The van der Waals surface area contributed by atoms with E-state index in [2.05, 4.69) is 19.5 Å². The molecule has 0 aliphatic carbocycles. The van der Waals surface area contributed by atoms with Crippen molar-refractivity contribution >= 4 is 19.0 Å². The molecule has 0 aromatic carbocycles. The molecule has 1 fully saturated rings. The molecule has 4 atom stereocenters. The van der Waals surface area contributed by atoms with Crippen molar-refractivity contribution in [3.63, 3.8) is 0 Å². The molecule has 3 rings (SSSR count). The minimum Gasteiger partial charge on any atom is -0.387 e. The fraction of sp³-hybridized carbons (Fsp3) is 0.545. The van der Waals surface area contributed by atoms with E-state index in [4.69, 9.17) is 14.5 Å². The molecule has 11 nitrogen and oxygen atoms in total. The number of aryl methyl sites for hydroxylation is 1. The third-order valence-corrected chi connectivity index (χ3v) is 4.05. The van der Waals surface area contributed by atoms with Gasteiger partial charge >= 0.3 is 7.82 Å². The predicted octanol–water partition coefficient (Wildman–Crippen LogP) is -1.14. The quantitative estimate of drug-likeness (QED) is 0.498. The molecule has 0 bridgehead atoms. The van der Waals surface area contributed by atoms with E-state index < -0.39 is 39.0 Å². The molecule has 0 radical (unpaired) electrons. The zero-order chi connectivity index (χ0) is 16.8. The van der Waals surface area contributed by atoms with E-state index >= 15 is 0 Å². The van der Waals surface area contributed by atoms with Gasteiger partial charge in [0.2, 0.25) is 0 Å². The Balaban J connectivity index is 1.85. The van der Waals surface area contributed by atoms with Gasteiger partial charge in [-0.15, -0.1) is 0 Å². The first-order valence-corrected chi connectivity index (χ1v) is 8.17. The van der Waals surface area contributed by atoms with Crippen LogP contribution in [0.4, 0.5) is 0 Å². The Morgan fingerprint density at radius 2 is 2.04 bits per heavy atom. The number of aliphatic hydroxyl groups is 2. The maximum Gasteiger partial charge on any atom is 0.469 e. The van der Waals surface area contributed by atoms with Crippen molar-refractivity contribution in [2.45, 2.75) is 31.5 Å².